The van der Waals surface area contributed by atoms with Crippen molar-refractivity contribution in [3.05, 3.63) is 69.5 Å². The molecule has 0 fully saturated rings. The lowest BCUT2D eigenvalue weighted by atomic mass is 9.98. The van der Waals surface area contributed by atoms with Crippen LogP contribution in [-0.2, 0) is 6.42 Å². The lowest BCUT2D eigenvalue weighted by Crippen LogP contribution is -2.05. The van der Waals surface area contributed by atoms with Crippen LogP contribution < -0.4 is 0 Å². The molecule has 2 aromatic rings. The van der Waals surface area contributed by atoms with Crippen LogP contribution in [-0.4, -0.2) is 5.78 Å². The van der Waals surface area contributed by atoms with E-state index in [1.54, 1.807) is 0 Å². The first-order valence-corrected chi connectivity index (χ1v) is 6.89. The fourth-order valence-corrected chi connectivity index (χ4v) is 2.33. The first-order chi connectivity index (χ1) is 9.47. The van der Waals surface area contributed by atoms with Crippen molar-refractivity contribution in [2.24, 2.45) is 0 Å². The second-order valence-corrected chi connectivity index (χ2v) is 5.41. The Kier molecular flexibility index (Phi) is 4.56. The van der Waals surface area contributed by atoms with Gasteiger partial charge in [0.25, 0.3) is 0 Å². The Morgan fingerprint density at radius 3 is 2.60 bits per heavy atom. The summed E-state index contributed by atoms with van der Waals surface area (Å²) in [6, 6.07) is 10.3. The summed E-state index contributed by atoms with van der Waals surface area (Å²) in [5.74, 6) is -0.747. The predicted octanol–water partition coefficient (Wildman–Crippen LogP) is 4.91. The molecule has 20 heavy (non-hydrogen) atoms. The molecule has 1 nitrogen and oxygen atoms in total. The second kappa shape index (κ2) is 6.19. The normalized spacial score (nSPS) is 10.6. The fourth-order valence-electron chi connectivity index (χ4n) is 2.17. The highest BCUT2D eigenvalue weighted by molar-refractivity contribution is 6.30. The number of carbonyl (C=O) groups is 1. The summed E-state index contributed by atoms with van der Waals surface area (Å²) in [5.41, 5.74) is 3.56. The highest BCUT2D eigenvalue weighted by atomic mass is 35.5. The third kappa shape index (κ3) is 3.45. The van der Waals surface area contributed by atoms with Gasteiger partial charge in [-0.15, -0.1) is 0 Å². The Labute approximate surface area is 123 Å². The van der Waals surface area contributed by atoms with E-state index < -0.39 is 5.82 Å². The number of hydrogen-bond acceptors (Lipinski definition) is 1. The van der Waals surface area contributed by atoms with Crippen LogP contribution in [0.4, 0.5) is 4.39 Å². The molecule has 0 atom stereocenters. The van der Waals surface area contributed by atoms with Gasteiger partial charge in [-0.3, -0.25) is 4.79 Å². The number of benzene rings is 2. The molecule has 0 heterocycles. The number of carbonyl (C=O) groups excluding carboxylic acids is 1. The highest BCUT2D eigenvalue weighted by Gasteiger charge is 2.12. The molecule has 2 aromatic carbocycles. The molecule has 0 radical (unpaired) electrons. The van der Waals surface area contributed by atoms with Crippen LogP contribution in [0.25, 0.3) is 0 Å². The zero-order chi connectivity index (χ0) is 14.7. The summed E-state index contributed by atoms with van der Waals surface area (Å²) in [7, 11) is 0. The SMILES string of the molecule is Cc1ccc(C)c(CCC(=O)c2ccc(Cl)cc2F)c1. The number of hydrogen-bond donors (Lipinski definition) is 0. The van der Waals surface area contributed by atoms with Gasteiger partial charge in [-0.1, -0.05) is 35.4 Å². The zero-order valence-electron chi connectivity index (χ0n) is 11.5. The Hall–Kier alpha value is -1.67. The lowest BCUT2D eigenvalue weighted by molar-refractivity contribution is 0.0979. The average Bonchev–Trinajstić information content (AvgIpc) is 2.39. The topological polar surface area (TPSA) is 17.1 Å². The molecule has 0 aliphatic heterocycles. The molecule has 0 bridgehead atoms. The van der Waals surface area contributed by atoms with Crippen molar-refractivity contribution in [1.82, 2.24) is 0 Å². The molecule has 0 spiro atoms. The summed E-state index contributed by atoms with van der Waals surface area (Å²) in [6.07, 6.45) is 0.914. The molecule has 2 rings (SSSR count). The van der Waals surface area contributed by atoms with Crippen molar-refractivity contribution in [3.63, 3.8) is 0 Å². The van der Waals surface area contributed by atoms with E-state index in [2.05, 4.69) is 6.07 Å². The van der Waals surface area contributed by atoms with Crippen LogP contribution in [0, 0.1) is 19.7 Å². The minimum Gasteiger partial charge on any atom is -0.294 e. The molecule has 3 heteroatoms. The minimum absolute atomic E-state index is 0.111. The van der Waals surface area contributed by atoms with Gasteiger partial charge >= 0.3 is 0 Å². The van der Waals surface area contributed by atoms with Gasteiger partial charge in [-0.05, 0) is 49.6 Å². The summed E-state index contributed by atoms with van der Waals surface area (Å²) in [6.45, 7) is 4.03. The number of ketones is 1. The van der Waals surface area contributed by atoms with Crippen molar-refractivity contribution in [2.75, 3.05) is 0 Å². The maximum Gasteiger partial charge on any atom is 0.166 e. The van der Waals surface area contributed by atoms with Crippen molar-refractivity contribution in [2.45, 2.75) is 26.7 Å². The molecule has 0 saturated carbocycles. The van der Waals surface area contributed by atoms with E-state index in [1.165, 1.54) is 18.2 Å². The van der Waals surface area contributed by atoms with Crippen LogP contribution in [0.1, 0.15) is 33.5 Å². The van der Waals surface area contributed by atoms with Crippen molar-refractivity contribution in [1.29, 1.82) is 0 Å². The molecular formula is C17H16ClFO. The van der Waals surface area contributed by atoms with Gasteiger partial charge in [-0.2, -0.15) is 0 Å². The first kappa shape index (κ1) is 14.7. The van der Waals surface area contributed by atoms with Crippen LogP contribution in [0.2, 0.25) is 5.02 Å². The molecule has 0 aromatic heterocycles. The smallest absolute Gasteiger partial charge is 0.166 e. The van der Waals surface area contributed by atoms with Gasteiger partial charge in [-0.25, -0.2) is 4.39 Å². The van der Waals surface area contributed by atoms with Crippen molar-refractivity contribution >= 4 is 17.4 Å². The molecule has 0 amide bonds. The minimum atomic E-state index is -0.552. The quantitative estimate of drug-likeness (QED) is 0.731. The third-order valence-electron chi connectivity index (χ3n) is 3.36. The summed E-state index contributed by atoms with van der Waals surface area (Å²) in [4.78, 5) is 12.1. The molecular weight excluding hydrogens is 275 g/mol. The van der Waals surface area contributed by atoms with Crippen LogP contribution in [0.15, 0.2) is 36.4 Å². The maximum absolute atomic E-state index is 13.7. The van der Waals surface area contributed by atoms with Gasteiger partial charge in [0.05, 0.1) is 5.56 Å². The van der Waals surface area contributed by atoms with Crippen LogP contribution in [0.3, 0.4) is 0 Å². The fraction of sp³-hybridized carbons (Fsp3) is 0.235. The Bertz CT molecular complexity index is 649. The first-order valence-electron chi connectivity index (χ1n) is 6.52. The number of rotatable bonds is 4. The van der Waals surface area contributed by atoms with Crippen LogP contribution in [0.5, 0.6) is 0 Å². The van der Waals surface area contributed by atoms with E-state index in [1.807, 2.05) is 26.0 Å². The molecule has 0 aliphatic rings. The highest BCUT2D eigenvalue weighted by Crippen LogP contribution is 2.18. The van der Waals surface area contributed by atoms with E-state index in [-0.39, 0.29) is 11.3 Å². The summed E-state index contributed by atoms with van der Waals surface area (Å²) in [5, 5.41) is 0.300. The van der Waals surface area contributed by atoms with Gasteiger partial charge < -0.3 is 0 Å². The third-order valence-corrected chi connectivity index (χ3v) is 3.59. The van der Waals surface area contributed by atoms with Gasteiger partial charge in [0.15, 0.2) is 5.78 Å². The largest absolute Gasteiger partial charge is 0.294 e. The van der Waals surface area contributed by atoms with Crippen molar-refractivity contribution < 1.29 is 9.18 Å². The number of Topliss-reactive ketones (excluding diaryl/α,β-unsaturated/α-hetero) is 1. The summed E-state index contributed by atoms with van der Waals surface area (Å²) < 4.78 is 13.7. The average molecular weight is 291 g/mol. The Morgan fingerprint density at radius 2 is 1.90 bits per heavy atom. The molecule has 0 aliphatic carbocycles. The van der Waals surface area contributed by atoms with Crippen molar-refractivity contribution in [3.8, 4) is 0 Å². The Morgan fingerprint density at radius 1 is 1.15 bits per heavy atom. The van der Waals surface area contributed by atoms with Gasteiger partial charge in [0.1, 0.15) is 5.82 Å². The van der Waals surface area contributed by atoms with E-state index in [9.17, 15) is 9.18 Å². The molecule has 0 unspecified atom stereocenters. The molecule has 0 N–H and O–H groups in total. The van der Waals surface area contributed by atoms with Gasteiger partial charge in [0, 0.05) is 11.4 Å². The number of aryl methyl sites for hydroxylation is 3. The van der Waals surface area contributed by atoms with E-state index in [0.29, 0.717) is 17.9 Å². The predicted molar refractivity (Wildman–Crippen MR) is 80.0 cm³/mol. The molecule has 0 saturated heterocycles. The zero-order valence-corrected chi connectivity index (χ0v) is 12.3. The monoisotopic (exact) mass is 290 g/mol. The second-order valence-electron chi connectivity index (χ2n) is 4.98. The molecule has 104 valence electrons. The van der Waals surface area contributed by atoms with Gasteiger partial charge in [0.2, 0.25) is 0 Å². The maximum atomic E-state index is 13.7. The standard InChI is InChI=1S/C17H16ClFO/c1-11-3-4-12(2)13(9-11)5-8-17(20)15-7-6-14(18)10-16(15)19/h3-4,6-7,9-10H,5,8H2,1-2H3. The number of halogens is 2. The van der Waals surface area contributed by atoms with E-state index in [0.717, 1.165) is 16.7 Å². The lowest BCUT2D eigenvalue weighted by Gasteiger charge is -2.07. The summed E-state index contributed by atoms with van der Waals surface area (Å²) >= 11 is 5.68. The van der Waals surface area contributed by atoms with Crippen LogP contribution >= 0.6 is 11.6 Å². The van der Waals surface area contributed by atoms with E-state index in [4.69, 9.17) is 11.6 Å². The van der Waals surface area contributed by atoms with E-state index >= 15 is 0 Å². The Balaban J connectivity index is 2.10.